The zero-order valence-electron chi connectivity index (χ0n) is 25.9. The third-order valence-corrected chi connectivity index (χ3v) is 9.18. The van der Waals surface area contributed by atoms with Crippen LogP contribution in [0.1, 0.15) is 70.9 Å². The molecule has 1 spiro atoms. The van der Waals surface area contributed by atoms with E-state index in [0.717, 1.165) is 18.4 Å². The van der Waals surface area contributed by atoms with Crippen LogP contribution in [0.25, 0.3) is 0 Å². The second kappa shape index (κ2) is 13.2. The Labute approximate surface area is 259 Å². The molecule has 0 unspecified atom stereocenters. The van der Waals surface area contributed by atoms with E-state index in [-0.39, 0.29) is 43.3 Å². The summed E-state index contributed by atoms with van der Waals surface area (Å²) in [6.45, 7) is 6.70. The molecule has 1 aromatic rings. The predicted octanol–water partition coefficient (Wildman–Crippen LogP) is 3.07. The number of fused-ring (bicyclic) bond motifs is 2. The monoisotopic (exact) mass is 607 g/mol. The minimum absolute atomic E-state index is 0.0399. The summed E-state index contributed by atoms with van der Waals surface area (Å²) in [5.41, 5.74) is -1.05. The van der Waals surface area contributed by atoms with Gasteiger partial charge in [-0.1, -0.05) is 67.5 Å². The number of aliphatic hydroxyl groups is 1. The third-order valence-electron chi connectivity index (χ3n) is 9.18. The molecule has 4 heterocycles. The Hall–Kier alpha value is -3.50. The number of hydrogen-bond donors (Lipinski definition) is 2. The van der Waals surface area contributed by atoms with Crippen LogP contribution in [0.15, 0.2) is 54.6 Å². The number of ether oxygens (including phenoxy) is 2. The van der Waals surface area contributed by atoms with Gasteiger partial charge in [0.05, 0.1) is 24.0 Å². The molecule has 10 heteroatoms. The van der Waals surface area contributed by atoms with Crippen molar-refractivity contribution in [2.45, 2.75) is 88.6 Å². The van der Waals surface area contributed by atoms with Crippen LogP contribution in [0.4, 0.5) is 0 Å². The number of allylic oxidation sites excluding steroid dienone is 1. The lowest BCUT2D eigenvalue weighted by Crippen LogP contribution is -2.58. The topological polar surface area (TPSA) is 125 Å². The van der Waals surface area contributed by atoms with E-state index in [1.165, 1.54) is 0 Å². The number of aliphatic hydroxyl groups excluding tert-OH is 1. The Kier molecular flexibility index (Phi) is 9.60. The summed E-state index contributed by atoms with van der Waals surface area (Å²) in [5.74, 6) is -3.04. The minimum Gasteiger partial charge on any atom is -0.463 e. The van der Waals surface area contributed by atoms with Crippen LogP contribution >= 0.6 is 0 Å². The van der Waals surface area contributed by atoms with Crippen molar-refractivity contribution in [3.8, 4) is 0 Å². The number of likely N-dealkylation sites (tertiary alicyclic amines) is 1. The molecule has 0 aromatic heterocycles. The first-order valence-corrected chi connectivity index (χ1v) is 15.8. The van der Waals surface area contributed by atoms with Crippen LogP contribution < -0.4 is 5.32 Å². The summed E-state index contributed by atoms with van der Waals surface area (Å²) in [6, 6.07) is 7.75. The number of hydrogen-bond acceptors (Lipinski definition) is 7. The standard InChI is InChI=1S/C34H45N3O7/c1-33(2,3)37-20-13-18-34-28(31(41)36(29(34)32(37)42)19-11-4-5-12-21-38)27-25(44-34)16-9-10-17-26(39)43-22-24(35-30(27)40)23-14-7-6-8-15-23/h6-9,13-16,18,24-25,27-29,38H,4-5,10-12,17,19-22H2,1-3H3,(H,35,40)/b16-9-/t24-,25+,27-,28-,29+,34-/m0/s1. The van der Waals surface area contributed by atoms with Crippen molar-refractivity contribution in [3.63, 3.8) is 0 Å². The van der Waals surface area contributed by atoms with Crippen LogP contribution in [0.3, 0.4) is 0 Å². The van der Waals surface area contributed by atoms with Crippen molar-refractivity contribution in [2.24, 2.45) is 11.8 Å². The predicted molar refractivity (Wildman–Crippen MR) is 163 cm³/mol. The molecule has 1 aromatic carbocycles. The first kappa shape index (κ1) is 31.9. The van der Waals surface area contributed by atoms with E-state index in [2.05, 4.69) is 5.32 Å². The first-order chi connectivity index (χ1) is 21.1. The summed E-state index contributed by atoms with van der Waals surface area (Å²) < 4.78 is 12.3. The van der Waals surface area contributed by atoms with Crippen molar-refractivity contribution < 1.29 is 33.8 Å². The molecule has 4 aliphatic heterocycles. The zero-order chi connectivity index (χ0) is 31.5. The SMILES string of the molecule is CC(C)(C)N1CC=C[C@]23O[C@@H]4/C=C\CCC(=O)OC[C@@H](c5ccccc5)NC(=O)[C@@H]4[C@H]2C(=O)N(CCCCCCO)[C@@H]3C1=O. The van der Waals surface area contributed by atoms with E-state index < -0.39 is 41.2 Å². The number of nitrogens with zero attached hydrogens (tertiary/aromatic N) is 2. The lowest BCUT2D eigenvalue weighted by atomic mass is 9.77. The number of benzene rings is 1. The van der Waals surface area contributed by atoms with Crippen LogP contribution in [-0.4, -0.2) is 88.2 Å². The molecule has 6 atom stereocenters. The Morgan fingerprint density at radius 2 is 1.75 bits per heavy atom. The van der Waals surface area contributed by atoms with Crippen molar-refractivity contribution >= 4 is 23.7 Å². The molecule has 0 aliphatic carbocycles. The fourth-order valence-corrected chi connectivity index (χ4v) is 7.03. The minimum atomic E-state index is -1.33. The molecular formula is C34H45N3O7. The van der Waals surface area contributed by atoms with E-state index in [1.54, 1.807) is 22.0 Å². The van der Waals surface area contributed by atoms with Crippen molar-refractivity contribution in [2.75, 3.05) is 26.3 Å². The molecule has 4 aliphatic rings. The molecule has 2 fully saturated rings. The third kappa shape index (κ3) is 6.19. The second-order valence-corrected chi connectivity index (χ2v) is 13.2. The number of unbranched alkanes of at least 4 members (excludes halogenated alkanes) is 3. The van der Waals surface area contributed by atoms with E-state index >= 15 is 0 Å². The quantitative estimate of drug-likeness (QED) is 0.277. The van der Waals surface area contributed by atoms with E-state index in [0.29, 0.717) is 32.4 Å². The summed E-state index contributed by atoms with van der Waals surface area (Å²) in [6.07, 6.45) is 10.1. The average molecular weight is 608 g/mol. The Bertz CT molecular complexity index is 1290. The summed E-state index contributed by atoms with van der Waals surface area (Å²) in [5, 5.41) is 12.3. The van der Waals surface area contributed by atoms with Gasteiger partial charge >= 0.3 is 5.97 Å². The number of carbonyl (C=O) groups is 4. The molecule has 10 nitrogen and oxygen atoms in total. The number of nitrogens with one attached hydrogen (secondary N) is 1. The maximum atomic E-state index is 14.5. The van der Waals surface area contributed by atoms with Crippen LogP contribution in [0, 0.1) is 11.8 Å². The van der Waals surface area contributed by atoms with Crippen molar-refractivity contribution in [1.29, 1.82) is 0 Å². The van der Waals surface area contributed by atoms with Gasteiger partial charge < -0.3 is 29.7 Å². The van der Waals surface area contributed by atoms with Gasteiger partial charge in [-0.2, -0.15) is 0 Å². The number of rotatable bonds is 7. The van der Waals surface area contributed by atoms with Gasteiger partial charge in [0, 0.05) is 31.7 Å². The molecule has 44 heavy (non-hydrogen) atoms. The summed E-state index contributed by atoms with van der Waals surface area (Å²) >= 11 is 0. The van der Waals surface area contributed by atoms with Crippen molar-refractivity contribution in [3.05, 3.63) is 60.2 Å². The molecule has 238 valence electrons. The molecular weight excluding hydrogens is 562 g/mol. The summed E-state index contributed by atoms with van der Waals surface area (Å²) in [4.78, 5) is 59.0. The number of esters is 1. The largest absolute Gasteiger partial charge is 0.463 e. The fourth-order valence-electron chi connectivity index (χ4n) is 7.03. The highest BCUT2D eigenvalue weighted by atomic mass is 16.5. The van der Waals surface area contributed by atoms with Gasteiger partial charge in [-0.15, -0.1) is 0 Å². The number of amides is 3. The number of carbonyl (C=O) groups excluding carboxylic acids is 4. The Balaban J connectivity index is 1.55. The van der Waals surface area contributed by atoms with Crippen LogP contribution in [0.2, 0.25) is 0 Å². The van der Waals surface area contributed by atoms with Crippen molar-refractivity contribution in [1.82, 2.24) is 15.1 Å². The normalized spacial score (nSPS) is 31.7. The molecule has 2 N–H and O–H groups in total. The smallest absolute Gasteiger partial charge is 0.306 e. The fraction of sp³-hybridized carbons (Fsp3) is 0.588. The molecule has 0 saturated carbocycles. The zero-order valence-corrected chi connectivity index (χ0v) is 25.9. The van der Waals surface area contributed by atoms with E-state index in [4.69, 9.17) is 9.47 Å². The van der Waals surface area contributed by atoms with Gasteiger partial charge in [0.25, 0.3) is 0 Å². The lowest BCUT2D eigenvalue weighted by Gasteiger charge is -2.40. The Morgan fingerprint density at radius 1 is 1.00 bits per heavy atom. The highest BCUT2D eigenvalue weighted by Crippen LogP contribution is 2.53. The molecule has 2 saturated heterocycles. The highest BCUT2D eigenvalue weighted by Gasteiger charge is 2.71. The van der Waals surface area contributed by atoms with Gasteiger partial charge in [-0.05, 0) is 45.6 Å². The average Bonchev–Trinajstić information content (AvgIpc) is 3.36. The number of cyclic esters (lactones) is 1. The van der Waals surface area contributed by atoms with Gasteiger partial charge in [-0.25, -0.2) is 0 Å². The van der Waals surface area contributed by atoms with Gasteiger partial charge in [0.2, 0.25) is 17.7 Å². The molecule has 0 bridgehead atoms. The van der Waals surface area contributed by atoms with Crippen LogP contribution in [-0.2, 0) is 28.7 Å². The molecule has 0 radical (unpaired) electrons. The highest BCUT2D eigenvalue weighted by molar-refractivity contribution is 6.00. The van der Waals surface area contributed by atoms with Gasteiger partial charge in [0.1, 0.15) is 18.2 Å². The second-order valence-electron chi connectivity index (χ2n) is 13.2. The van der Waals surface area contributed by atoms with Crippen LogP contribution in [0.5, 0.6) is 0 Å². The molecule has 5 rings (SSSR count). The van der Waals surface area contributed by atoms with Gasteiger partial charge in [0.15, 0.2) is 0 Å². The van der Waals surface area contributed by atoms with E-state index in [1.807, 2.05) is 63.3 Å². The maximum Gasteiger partial charge on any atom is 0.306 e. The summed E-state index contributed by atoms with van der Waals surface area (Å²) in [7, 11) is 0. The van der Waals surface area contributed by atoms with E-state index in [9.17, 15) is 24.3 Å². The van der Waals surface area contributed by atoms with Gasteiger partial charge in [-0.3, -0.25) is 19.2 Å². The lowest BCUT2D eigenvalue weighted by molar-refractivity contribution is -0.151. The first-order valence-electron chi connectivity index (χ1n) is 15.8. The Morgan fingerprint density at radius 3 is 2.48 bits per heavy atom. The molecule has 3 amide bonds. The maximum absolute atomic E-state index is 14.5.